The van der Waals surface area contributed by atoms with E-state index in [1.54, 1.807) is 13.2 Å². The van der Waals surface area contributed by atoms with Gasteiger partial charge < -0.3 is 15.0 Å². The standard InChI is InChI=1S/C17H25N3O/c1-17(6-8-20(2)9-7-17)13-19-12-15-10-14(11-18)4-5-16(15)21-3/h4-5,10,19H,6-9,12-13H2,1-3H3. The smallest absolute Gasteiger partial charge is 0.123 e. The van der Waals surface area contributed by atoms with Crippen LogP contribution in [0, 0.1) is 16.7 Å². The van der Waals surface area contributed by atoms with E-state index in [9.17, 15) is 0 Å². The number of methoxy groups -OCH3 is 1. The number of nitrogens with zero attached hydrogens (tertiary/aromatic N) is 2. The number of benzene rings is 1. The summed E-state index contributed by atoms with van der Waals surface area (Å²) in [5, 5.41) is 12.5. The van der Waals surface area contributed by atoms with E-state index in [4.69, 9.17) is 10.00 Å². The zero-order valence-corrected chi connectivity index (χ0v) is 13.3. The third-order valence-electron chi connectivity index (χ3n) is 4.47. The van der Waals surface area contributed by atoms with Gasteiger partial charge in [0.2, 0.25) is 0 Å². The zero-order chi connectivity index (χ0) is 15.3. The fourth-order valence-electron chi connectivity index (χ4n) is 2.82. The van der Waals surface area contributed by atoms with Crippen LogP contribution < -0.4 is 10.1 Å². The lowest BCUT2D eigenvalue weighted by Gasteiger charge is -2.38. The minimum absolute atomic E-state index is 0.368. The topological polar surface area (TPSA) is 48.3 Å². The van der Waals surface area contributed by atoms with Crippen LogP contribution in [0.2, 0.25) is 0 Å². The van der Waals surface area contributed by atoms with Crippen LogP contribution in [0.25, 0.3) is 0 Å². The van der Waals surface area contributed by atoms with Crippen molar-refractivity contribution in [3.63, 3.8) is 0 Å². The maximum atomic E-state index is 9.00. The first kappa shape index (κ1) is 15.8. The Morgan fingerprint density at radius 1 is 1.38 bits per heavy atom. The molecule has 0 atom stereocenters. The average molecular weight is 287 g/mol. The van der Waals surface area contributed by atoms with E-state index in [-0.39, 0.29) is 0 Å². The van der Waals surface area contributed by atoms with E-state index < -0.39 is 0 Å². The molecule has 1 aliphatic heterocycles. The molecule has 4 nitrogen and oxygen atoms in total. The third kappa shape index (κ3) is 4.20. The van der Waals surface area contributed by atoms with Gasteiger partial charge in [-0.25, -0.2) is 0 Å². The molecular formula is C17H25N3O. The molecule has 1 heterocycles. The molecule has 1 N–H and O–H groups in total. The van der Waals surface area contributed by atoms with Crippen LogP contribution in [-0.2, 0) is 6.54 Å². The number of nitriles is 1. The van der Waals surface area contributed by atoms with E-state index >= 15 is 0 Å². The lowest BCUT2D eigenvalue weighted by Crippen LogP contribution is -2.41. The number of nitrogens with one attached hydrogen (secondary N) is 1. The van der Waals surface area contributed by atoms with Crippen molar-refractivity contribution < 1.29 is 4.74 Å². The van der Waals surface area contributed by atoms with Gasteiger partial charge in [-0.1, -0.05) is 6.92 Å². The van der Waals surface area contributed by atoms with E-state index in [0.29, 0.717) is 11.0 Å². The second-order valence-electron chi connectivity index (χ2n) is 6.36. The van der Waals surface area contributed by atoms with Crippen LogP contribution >= 0.6 is 0 Å². The Bertz CT molecular complexity index is 513. The fraction of sp³-hybridized carbons (Fsp3) is 0.588. The van der Waals surface area contributed by atoms with Gasteiger partial charge in [-0.3, -0.25) is 0 Å². The molecule has 0 saturated carbocycles. The quantitative estimate of drug-likeness (QED) is 0.903. The molecule has 0 aliphatic carbocycles. The van der Waals surface area contributed by atoms with Crippen LogP contribution in [-0.4, -0.2) is 38.7 Å². The number of rotatable bonds is 5. The Hall–Kier alpha value is -1.57. The van der Waals surface area contributed by atoms with Crippen LogP contribution in [0.15, 0.2) is 18.2 Å². The normalized spacial score (nSPS) is 18.2. The highest BCUT2D eigenvalue weighted by molar-refractivity contribution is 5.41. The predicted octanol–water partition coefficient (Wildman–Crippen LogP) is 2.39. The van der Waals surface area contributed by atoms with Gasteiger partial charge in [-0.2, -0.15) is 5.26 Å². The number of hydrogen-bond donors (Lipinski definition) is 1. The molecule has 0 amide bonds. The van der Waals surface area contributed by atoms with Gasteiger partial charge in [0, 0.05) is 18.7 Å². The maximum absolute atomic E-state index is 9.00. The molecule has 4 heteroatoms. The third-order valence-corrected chi connectivity index (χ3v) is 4.47. The molecule has 114 valence electrons. The molecule has 0 aromatic heterocycles. The molecular weight excluding hydrogens is 262 g/mol. The van der Waals surface area contributed by atoms with E-state index in [0.717, 1.165) is 24.4 Å². The van der Waals surface area contributed by atoms with Gasteiger partial charge in [0.15, 0.2) is 0 Å². The number of likely N-dealkylation sites (tertiary alicyclic amines) is 1. The minimum Gasteiger partial charge on any atom is -0.496 e. The van der Waals surface area contributed by atoms with Gasteiger partial charge in [0.25, 0.3) is 0 Å². The summed E-state index contributed by atoms with van der Waals surface area (Å²) in [5.41, 5.74) is 2.10. The minimum atomic E-state index is 0.368. The Morgan fingerprint density at radius 2 is 2.10 bits per heavy atom. The van der Waals surface area contributed by atoms with Gasteiger partial charge in [-0.15, -0.1) is 0 Å². The Kier molecular flexibility index (Phi) is 5.22. The summed E-state index contributed by atoms with van der Waals surface area (Å²) in [6, 6.07) is 7.75. The Balaban J connectivity index is 1.92. The second-order valence-corrected chi connectivity index (χ2v) is 6.36. The van der Waals surface area contributed by atoms with Crippen molar-refractivity contribution in [2.24, 2.45) is 5.41 Å². The molecule has 0 spiro atoms. The maximum Gasteiger partial charge on any atom is 0.123 e. The van der Waals surface area contributed by atoms with Crippen molar-refractivity contribution in [1.29, 1.82) is 5.26 Å². The number of piperidine rings is 1. The molecule has 2 rings (SSSR count). The summed E-state index contributed by atoms with van der Waals surface area (Å²) < 4.78 is 5.37. The molecule has 1 aliphatic rings. The lowest BCUT2D eigenvalue weighted by molar-refractivity contribution is 0.136. The van der Waals surface area contributed by atoms with Crippen molar-refractivity contribution in [3.8, 4) is 11.8 Å². The molecule has 1 fully saturated rings. The van der Waals surface area contributed by atoms with Gasteiger partial charge >= 0.3 is 0 Å². The van der Waals surface area contributed by atoms with Gasteiger partial charge in [-0.05, 0) is 56.6 Å². The van der Waals surface area contributed by atoms with Crippen LogP contribution in [0.5, 0.6) is 5.75 Å². The van der Waals surface area contributed by atoms with Gasteiger partial charge in [0.05, 0.1) is 18.7 Å². The first-order valence-electron chi connectivity index (χ1n) is 7.53. The highest BCUT2D eigenvalue weighted by Crippen LogP contribution is 2.29. The number of ether oxygens (including phenoxy) is 1. The molecule has 1 aromatic rings. The van der Waals surface area contributed by atoms with E-state index in [2.05, 4.69) is 30.3 Å². The van der Waals surface area contributed by atoms with E-state index in [1.807, 2.05) is 12.1 Å². The summed E-state index contributed by atoms with van der Waals surface area (Å²) >= 11 is 0. The lowest BCUT2D eigenvalue weighted by atomic mass is 9.80. The highest BCUT2D eigenvalue weighted by Gasteiger charge is 2.28. The fourth-order valence-corrected chi connectivity index (χ4v) is 2.82. The second kappa shape index (κ2) is 6.93. The molecule has 0 radical (unpaired) electrons. The van der Waals surface area contributed by atoms with Crippen LogP contribution in [0.3, 0.4) is 0 Å². The van der Waals surface area contributed by atoms with Crippen molar-refractivity contribution in [2.75, 3.05) is 33.8 Å². The first-order valence-corrected chi connectivity index (χ1v) is 7.53. The number of hydrogen-bond acceptors (Lipinski definition) is 4. The summed E-state index contributed by atoms with van der Waals surface area (Å²) in [5.74, 6) is 0.843. The summed E-state index contributed by atoms with van der Waals surface area (Å²) in [6.07, 6.45) is 2.46. The van der Waals surface area contributed by atoms with Crippen molar-refractivity contribution in [3.05, 3.63) is 29.3 Å². The van der Waals surface area contributed by atoms with Crippen LogP contribution in [0.1, 0.15) is 30.9 Å². The van der Waals surface area contributed by atoms with Crippen LogP contribution in [0.4, 0.5) is 0 Å². The highest BCUT2D eigenvalue weighted by atomic mass is 16.5. The zero-order valence-electron chi connectivity index (χ0n) is 13.3. The van der Waals surface area contributed by atoms with Crippen molar-refractivity contribution >= 4 is 0 Å². The predicted molar refractivity (Wildman–Crippen MR) is 84.3 cm³/mol. The van der Waals surface area contributed by atoms with Gasteiger partial charge in [0.1, 0.15) is 5.75 Å². The Labute approximate surface area is 127 Å². The largest absolute Gasteiger partial charge is 0.496 e. The summed E-state index contributed by atoms with van der Waals surface area (Å²) in [7, 11) is 3.86. The molecule has 1 aromatic carbocycles. The average Bonchev–Trinajstić information content (AvgIpc) is 2.50. The molecule has 21 heavy (non-hydrogen) atoms. The van der Waals surface area contributed by atoms with Crippen molar-refractivity contribution in [2.45, 2.75) is 26.3 Å². The molecule has 0 unspecified atom stereocenters. The monoisotopic (exact) mass is 287 g/mol. The van der Waals surface area contributed by atoms with E-state index in [1.165, 1.54) is 25.9 Å². The molecule has 0 bridgehead atoms. The summed E-state index contributed by atoms with van der Waals surface area (Å²) in [6.45, 7) is 6.44. The first-order chi connectivity index (χ1) is 10.1. The molecule has 1 saturated heterocycles. The summed E-state index contributed by atoms with van der Waals surface area (Å²) in [4.78, 5) is 2.39. The Morgan fingerprint density at radius 3 is 2.71 bits per heavy atom. The SMILES string of the molecule is COc1ccc(C#N)cc1CNCC1(C)CCN(C)CC1. The van der Waals surface area contributed by atoms with Crippen molar-refractivity contribution in [1.82, 2.24) is 10.2 Å².